The van der Waals surface area contributed by atoms with Crippen molar-refractivity contribution in [1.29, 1.82) is 0 Å². The maximum atomic E-state index is 12.2. The van der Waals surface area contributed by atoms with E-state index in [4.69, 9.17) is 4.74 Å². The molecule has 21 heavy (non-hydrogen) atoms. The number of rotatable bonds is 5. The second-order valence-corrected chi connectivity index (χ2v) is 7.12. The van der Waals surface area contributed by atoms with Crippen LogP contribution in [0, 0.1) is 10.8 Å². The number of ether oxygens (including phenoxy) is 1. The van der Waals surface area contributed by atoms with Crippen LogP contribution in [0.3, 0.4) is 0 Å². The first-order chi connectivity index (χ1) is 9.56. The summed E-state index contributed by atoms with van der Waals surface area (Å²) in [4.78, 5) is 24.0. The molecule has 0 N–H and O–H groups in total. The van der Waals surface area contributed by atoms with E-state index < -0.39 is 5.41 Å². The maximum Gasteiger partial charge on any atom is 0.316 e. The Balaban J connectivity index is 2.71. The van der Waals surface area contributed by atoms with Gasteiger partial charge in [-0.15, -0.1) is 0 Å². The average molecular weight is 290 g/mol. The first-order valence-electron chi connectivity index (χ1n) is 7.41. The number of ketones is 1. The van der Waals surface area contributed by atoms with Gasteiger partial charge >= 0.3 is 5.97 Å². The van der Waals surface area contributed by atoms with Gasteiger partial charge in [-0.2, -0.15) is 0 Å². The van der Waals surface area contributed by atoms with E-state index in [2.05, 4.69) is 0 Å². The molecule has 1 rings (SSSR count). The fourth-order valence-electron chi connectivity index (χ4n) is 1.56. The van der Waals surface area contributed by atoms with Gasteiger partial charge in [0.25, 0.3) is 0 Å². The summed E-state index contributed by atoms with van der Waals surface area (Å²) >= 11 is 0. The predicted molar refractivity (Wildman–Crippen MR) is 84.3 cm³/mol. The molecule has 0 bridgehead atoms. The summed E-state index contributed by atoms with van der Waals surface area (Å²) in [5.74, 6) is 0.476. The van der Waals surface area contributed by atoms with E-state index in [1.807, 2.05) is 53.7 Å². The average Bonchev–Trinajstić information content (AvgIpc) is 2.39. The largest absolute Gasteiger partial charge is 0.426 e. The van der Waals surface area contributed by atoms with Crippen molar-refractivity contribution in [3.05, 3.63) is 29.8 Å². The third kappa shape index (κ3) is 5.00. The Bertz CT molecular complexity index is 504. The Kier molecular flexibility index (Phi) is 5.32. The molecule has 0 unspecified atom stereocenters. The molecular weight excluding hydrogens is 264 g/mol. The molecule has 3 nitrogen and oxygen atoms in total. The molecule has 0 atom stereocenters. The van der Waals surface area contributed by atoms with Crippen molar-refractivity contribution in [3.63, 3.8) is 0 Å². The van der Waals surface area contributed by atoms with Crippen LogP contribution in [-0.2, 0) is 16.0 Å². The zero-order valence-electron chi connectivity index (χ0n) is 13.9. The number of benzene rings is 1. The van der Waals surface area contributed by atoms with Crippen LogP contribution in [0.25, 0.3) is 0 Å². The Morgan fingerprint density at radius 3 is 1.95 bits per heavy atom. The van der Waals surface area contributed by atoms with E-state index in [-0.39, 0.29) is 17.2 Å². The lowest BCUT2D eigenvalue weighted by atomic mass is 9.82. The van der Waals surface area contributed by atoms with Crippen LogP contribution in [0.2, 0.25) is 0 Å². The maximum absolute atomic E-state index is 12.2. The number of hydrogen-bond acceptors (Lipinski definition) is 3. The normalized spacial score (nSPS) is 12.1. The molecule has 116 valence electrons. The summed E-state index contributed by atoms with van der Waals surface area (Å²) < 4.78 is 5.30. The van der Waals surface area contributed by atoms with Crippen molar-refractivity contribution in [2.24, 2.45) is 10.8 Å². The predicted octanol–water partition coefficient (Wildman–Crippen LogP) is 4.19. The summed E-state index contributed by atoms with van der Waals surface area (Å²) in [5, 5.41) is 0. The molecule has 0 fully saturated rings. The van der Waals surface area contributed by atoms with Crippen molar-refractivity contribution < 1.29 is 14.3 Å². The third-order valence-electron chi connectivity index (χ3n) is 3.75. The van der Waals surface area contributed by atoms with E-state index in [0.29, 0.717) is 12.2 Å². The van der Waals surface area contributed by atoms with Crippen LogP contribution in [0.15, 0.2) is 24.3 Å². The van der Waals surface area contributed by atoms with Crippen molar-refractivity contribution >= 4 is 11.8 Å². The standard InChI is InChI=1S/C18H26O3/c1-7-18(5,6)15(19)12-13-8-10-14(11-9-13)21-16(20)17(2,3)4/h8-11H,7,12H2,1-6H3. The van der Waals surface area contributed by atoms with Crippen molar-refractivity contribution in [1.82, 2.24) is 0 Å². The summed E-state index contributed by atoms with van der Waals surface area (Å²) in [7, 11) is 0. The van der Waals surface area contributed by atoms with Gasteiger partial charge in [-0.05, 0) is 44.9 Å². The number of esters is 1. The van der Waals surface area contributed by atoms with Gasteiger partial charge in [0.1, 0.15) is 11.5 Å². The summed E-state index contributed by atoms with van der Waals surface area (Å²) in [6.07, 6.45) is 1.24. The zero-order valence-corrected chi connectivity index (χ0v) is 13.9. The fourth-order valence-corrected chi connectivity index (χ4v) is 1.56. The summed E-state index contributed by atoms with van der Waals surface area (Å²) in [5.41, 5.74) is 0.119. The van der Waals surface area contributed by atoms with Gasteiger partial charge in [-0.1, -0.05) is 32.9 Å². The quantitative estimate of drug-likeness (QED) is 0.603. The highest BCUT2D eigenvalue weighted by Gasteiger charge is 2.25. The van der Waals surface area contributed by atoms with Crippen molar-refractivity contribution in [2.75, 3.05) is 0 Å². The lowest BCUT2D eigenvalue weighted by molar-refractivity contribution is -0.143. The molecule has 0 aliphatic heterocycles. The van der Waals surface area contributed by atoms with Crippen molar-refractivity contribution in [2.45, 2.75) is 54.4 Å². The molecule has 0 heterocycles. The molecule has 1 aromatic carbocycles. The second-order valence-electron chi connectivity index (χ2n) is 7.12. The molecular formula is C18H26O3. The van der Waals surface area contributed by atoms with E-state index in [1.165, 1.54) is 0 Å². The number of hydrogen-bond donors (Lipinski definition) is 0. The lowest BCUT2D eigenvalue weighted by Crippen LogP contribution is -2.25. The van der Waals surface area contributed by atoms with Gasteiger partial charge in [0, 0.05) is 11.8 Å². The monoisotopic (exact) mass is 290 g/mol. The highest BCUT2D eigenvalue weighted by molar-refractivity contribution is 5.86. The van der Waals surface area contributed by atoms with Gasteiger partial charge in [0.2, 0.25) is 0 Å². The van der Waals surface area contributed by atoms with E-state index in [9.17, 15) is 9.59 Å². The minimum Gasteiger partial charge on any atom is -0.426 e. The molecule has 0 saturated carbocycles. The minimum absolute atomic E-state index is 0.226. The van der Waals surface area contributed by atoms with E-state index in [0.717, 1.165) is 12.0 Å². The van der Waals surface area contributed by atoms with Gasteiger partial charge in [0.15, 0.2) is 0 Å². The topological polar surface area (TPSA) is 43.4 Å². The van der Waals surface area contributed by atoms with E-state index in [1.54, 1.807) is 12.1 Å². The highest BCUT2D eigenvalue weighted by atomic mass is 16.5. The molecule has 3 heteroatoms. The molecule has 0 aliphatic rings. The van der Waals surface area contributed by atoms with Gasteiger partial charge in [0.05, 0.1) is 5.41 Å². The Morgan fingerprint density at radius 1 is 1.00 bits per heavy atom. The Labute approximate surface area is 127 Å². The summed E-state index contributed by atoms with van der Waals surface area (Å²) in [6, 6.07) is 7.17. The van der Waals surface area contributed by atoms with Crippen LogP contribution < -0.4 is 4.74 Å². The molecule has 1 aromatic rings. The number of Topliss-reactive ketones (excluding diaryl/α,β-unsaturated/α-hetero) is 1. The van der Waals surface area contributed by atoms with Crippen LogP contribution in [0.4, 0.5) is 0 Å². The van der Waals surface area contributed by atoms with Gasteiger partial charge in [-0.25, -0.2) is 0 Å². The number of carbonyl (C=O) groups is 2. The minimum atomic E-state index is -0.528. The fraction of sp³-hybridized carbons (Fsp3) is 0.556. The molecule has 0 amide bonds. The Hall–Kier alpha value is -1.64. The molecule has 0 spiro atoms. The van der Waals surface area contributed by atoms with Crippen LogP contribution >= 0.6 is 0 Å². The molecule has 0 radical (unpaired) electrons. The van der Waals surface area contributed by atoms with Crippen LogP contribution in [-0.4, -0.2) is 11.8 Å². The van der Waals surface area contributed by atoms with Gasteiger partial charge < -0.3 is 4.74 Å². The SMILES string of the molecule is CCC(C)(C)C(=O)Cc1ccc(OC(=O)C(C)(C)C)cc1. The molecule has 0 aliphatic carbocycles. The highest BCUT2D eigenvalue weighted by Crippen LogP contribution is 2.24. The zero-order chi connectivity index (χ0) is 16.3. The van der Waals surface area contributed by atoms with Crippen LogP contribution in [0.5, 0.6) is 5.75 Å². The number of carbonyl (C=O) groups excluding carboxylic acids is 2. The Morgan fingerprint density at radius 2 is 1.52 bits per heavy atom. The molecule has 0 aromatic heterocycles. The van der Waals surface area contributed by atoms with Crippen LogP contribution in [0.1, 0.15) is 53.5 Å². The molecule has 0 saturated heterocycles. The first-order valence-corrected chi connectivity index (χ1v) is 7.41. The van der Waals surface area contributed by atoms with Crippen molar-refractivity contribution in [3.8, 4) is 5.75 Å². The first kappa shape index (κ1) is 17.4. The second kappa shape index (κ2) is 6.42. The third-order valence-corrected chi connectivity index (χ3v) is 3.75. The van der Waals surface area contributed by atoms with Gasteiger partial charge in [-0.3, -0.25) is 9.59 Å². The van der Waals surface area contributed by atoms with E-state index >= 15 is 0 Å². The summed E-state index contributed by atoms with van der Waals surface area (Å²) in [6.45, 7) is 11.4. The lowest BCUT2D eigenvalue weighted by Gasteiger charge is -2.21. The smallest absolute Gasteiger partial charge is 0.316 e.